The third kappa shape index (κ3) is 7.11. The Morgan fingerprint density at radius 2 is 1.90 bits per heavy atom. The van der Waals surface area contributed by atoms with Crippen LogP contribution in [0.25, 0.3) is 0 Å². The van der Waals surface area contributed by atoms with Crippen LogP contribution in [0.5, 0.6) is 11.5 Å². The molecule has 1 saturated carbocycles. The molecule has 1 fully saturated rings. The van der Waals surface area contributed by atoms with Crippen LogP contribution in [-0.2, 0) is 9.53 Å². The number of nitrogens with two attached hydrogens (primary N) is 1. The van der Waals surface area contributed by atoms with Crippen molar-refractivity contribution in [2.45, 2.75) is 38.9 Å². The van der Waals surface area contributed by atoms with E-state index in [1.54, 1.807) is 13.0 Å². The highest BCUT2D eigenvalue weighted by atomic mass is 35.5. The lowest BCUT2D eigenvalue weighted by atomic mass is 9.99. The van der Waals surface area contributed by atoms with E-state index < -0.39 is 37.0 Å². The molecule has 2 N–H and O–H groups in total. The van der Waals surface area contributed by atoms with Crippen molar-refractivity contribution in [1.29, 1.82) is 0 Å². The molecule has 0 unspecified atom stereocenters. The van der Waals surface area contributed by atoms with E-state index in [0.717, 1.165) is 17.7 Å². The maximum Gasteiger partial charge on any atom is 0.387 e. The molecule has 0 spiro atoms. The lowest BCUT2D eigenvalue weighted by Gasteiger charge is -2.23. The molecule has 12 heteroatoms. The molecule has 1 atom stereocenters. The zero-order valence-electron chi connectivity index (χ0n) is 22.6. The molecule has 0 bridgehead atoms. The number of anilines is 1. The van der Waals surface area contributed by atoms with Crippen molar-refractivity contribution in [2.24, 2.45) is 5.92 Å². The number of halogens is 4. The van der Waals surface area contributed by atoms with Gasteiger partial charge in [-0.15, -0.1) is 0 Å². The summed E-state index contributed by atoms with van der Waals surface area (Å²) in [5.74, 6) is -2.18. The fraction of sp³-hybridized carbons (Fsp3) is 0.300. The van der Waals surface area contributed by atoms with Gasteiger partial charge in [0.25, 0.3) is 11.8 Å². The third-order valence-electron chi connectivity index (χ3n) is 6.72. The molecule has 0 radical (unpaired) electrons. The van der Waals surface area contributed by atoms with Gasteiger partial charge in [-0.25, -0.2) is 0 Å². The SMILES string of the molecule is C=C/C(Cl)=C(C[C@H](OC(=O)CN1C(=O)c2cccc(N)c2C1=O)c1ccc(OC(F)F)c(OCC2CC2)c1)\C(Cl)=C/C. The maximum absolute atomic E-state index is 13.2. The molecule has 4 rings (SSSR count). The van der Waals surface area contributed by atoms with E-state index >= 15 is 0 Å². The third-order valence-corrected chi connectivity index (χ3v) is 7.55. The number of alkyl halides is 2. The summed E-state index contributed by atoms with van der Waals surface area (Å²) in [6.45, 7) is 1.86. The van der Waals surface area contributed by atoms with Gasteiger partial charge < -0.3 is 19.9 Å². The van der Waals surface area contributed by atoms with Crippen LogP contribution in [0.1, 0.15) is 58.6 Å². The van der Waals surface area contributed by atoms with Gasteiger partial charge in [0.1, 0.15) is 12.6 Å². The van der Waals surface area contributed by atoms with Crippen LogP contribution in [0.2, 0.25) is 0 Å². The van der Waals surface area contributed by atoms with Gasteiger partial charge >= 0.3 is 12.6 Å². The van der Waals surface area contributed by atoms with Gasteiger partial charge in [-0.3, -0.25) is 19.3 Å². The van der Waals surface area contributed by atoms with Gasteiger partial charge in [-0.05, 0) is 61.1 Å². The maximum atomic E-state index is 13.2. The van der Waals surface area contributed by atoms with E-state index in [2.05, 4.69) is 11.3 Å². The molecular weight excluding hydrogens is 593 g/mol. The van der Waals surface area contributed by atoms with Gasteiger partial charge in [0, 0.05) is 22.2 Å². The number of carbonyl (C=O) groups excluding carboxylic acids is 3. The molecule has 2 amide bonds. The topological polar surface area (TPSA) is 108 Å². The number of benzene rings is 2. The molecule has 8 nitrogen and oxygen atoms in total. The van der Waals surface area contributed by atoms with Crippen LogP contribution >= 0.6 is 23.2 Å². The molecule has 0 aromatic heterocycles. The summed E-state index contributed by atoms with van der Waals surface area (Å²) in [7, 11) is 0. The molecule has 222 valence electrons. The van der Waals surface area contributed by atoms with Gasteiger partial charge in [0.05, 0.1) is 17.7 Å². The molecule has 2 aromatic rings. The Morgan fingerprint density at radius 3 is 2.52 bits per heavy atom. The van der Waals surface area contributed by atoms with Crippen LogP contribution in [-0.4, -0.2) is 42.4 Å². The fourth-order valence-corrected chi connectivity index (χ4v) is 4.78. The average Bonchev–Trinajstić information content (AvgIpc) is 3.76. The normalized spacial score (nSPS) is 16.2. The van der Waals surface area contributed by atoms with Crippen molar-refractivity contribution in [3.05, 3.63) is 87.5 Å². The van der Waals surface area contributed by atoms with E-state index in [4.69, 9.17) is 38.4 Å². The van der Waals surface area contributed by atoms with Gasteiger partial charge in [0.2, 0.25) is 0 Å². The van der Waals surface area contributed by atoms with E-state index in [-0.39, 0.29) is 44.8 Å². The smallest absolute Gasteiger partial charge is 0.387 e. The van der Waals surface area contributed by atoms with Crippen LogP contribution < -0.4 is 15.2 Å². The first-order valence-electron chi connectivity index (χ1n) is 13.0. The summed E-state index contributed by atoms with van der Waals surface area (Å²) in [6.07, 6.45) is 3.73. The van der Waals surface area contributed by atoms with Crippen molar-refractivity contribution >= 4 is 46.7 Å². The van der Waals surface area contributed by atoms with Crippen molar-refractivity contribution in [3.63, 3.8) is 0 Å². The highest BCUT2D eigenvalue weighted by molar-refractivity contribution is 6.36. The molecule has 1 heterocycles. The van der Waals surface area contributed by atoms with Crippen molar-refractivity contribution in [2.75, 3.05) is 18.9 Å². The van der Waals surface area contributed by atoms with Gasteiger partial charge in [-0.2, -0.15) is 8.78 Å². The molecule has 42 heavy (non-hydrogen) atoms. The number of nitrogen functional groups attached to an aromatic ring is 1. The number of ether oxygens (including phenoxy) is 3. The van der Waals surface area contributed by atoms with Crippen LogP contribution in [0.4, 0.5) is 14.5 Å². The van der Waals surface area contributed by atoms with Gasteiger partial charge in [0.15, 0.2) is 11.5 Å². The molecular formula is C30H28Cl2F2N2O6. The first-order chi connectivity index (χ1) is 20.0. The summed E-state index contributed by atoms with van der Waals surface area (Å²) in [6, 6.07) is 8.61. The number of rotatable bonds is 13. The first kappa shape index (κ1) is 31.1. The lowest BCUT2D eigenvalue weighted by Crippen LogP contribution is -2.36. The standard InChI is InChI=1S/C30H28Cl2F2N2O6/c1-3-20(31)19(21(32)4-2)13-24(17-10-11-23(42-30(33)34)25(12-17)40-15-16-8-9-16)41-26(37)14-36-28(38)18-6-5-7-22(35)27(18)29(36)39/h3-7,10-12,16,24,30H,1,8-9,13-15,35H2,2H3/b20-19+,21-4+/t24-/m0/s1. The van der Waals surface area contributed by atoms with Crippen molar-refractivity contribution in [1.82, 2.24) is 4.90 Å². The molecule has 1 aliphatic heterocycles. The summed E-state index contributed by atoms with van der Waals surface area (Å²) in [4.78, 5) is 39.8. The van der Waals surface area contributed by atoms with Crippen LogP contribution in [0.3, 0.4) is 0 Å². The molecule has 2 aromatic carbocycles. The number of nitrogens with zero attached hydrogens (tertiary/aromatic N) is 1. The fourth-order valence-electron chi connectivity index (χ4n) is 4.37. The van der Waals surface area contributed by atoms with Crippen LogP contribution in [0, 0.1) is 5.92 Å². The summed E-state index contributed by atoms with van der Waals surface area (Å²) in [5, 5.41) is 0.456. The number of allylic oxidation sites excluding steroid dienone is 4. The highest BCUT2D eigenvalue weighted by Gasteiger charge is 2.39. The number of imide groups is 1. The predicted octanol–water partition coefficient (Wildman–Crippen LogP) is 6.75. The Labute approximate surface area is 251 Å². The Balaban J connectivity index is 1.65. The minimum atomic E-state index is -3.09. The Bertz CT molecular complexity index is 1470. The average molecular weight is 621 g/mol. The monoisotopic (exact) mass is 620 g/mol. The second-order valence-corrected chi connectivity index (χ2v) is 10.5. The predicted molar refractivity (Wildman–Crippen MR) is 154 cm³/mol. The lowest BCUT2D eigenvalue weighted by molar-refractivity contribution is -0.149. The molecule has 0 saturated heterocycles. The van der Waals surface area contributed by atoms with E-state index in [9.17, 15) is 23.2 Å². The summed E-state index contributed by atoms with van der Waals surface area (Å²) < 4.78 is 42.4. The molecule has 1 aliphatic carbocycles. The number of hydrogen-bond acceptors (Lipinski definition) is 7. The second kappa shape index (κ2) is 13.4. The zero-order chi connectivity index (χ0) is 30.6. The first-order valence-corrected chi connectivity index (χ1v) is 13.8. The summed E-state index contributed by atoms with van der Waals surface area (Å²) >= 11 is 12.8. The quantitative estimate of drug-likeness (QED) is 0.114. The van der Waals surface area contributed by atoms with E-state index in [1.807, 2.05) is 0 Å². The second-order valence-electron chi connectivity index (χ2n) is 9.66. The Kier molecular flexibility index (Phi) is 9.90. The number of fused-ring (bicyclic) bond motifs is 1. The van der Waals surface area contributed by atoms with E-state index in [1.165, 1.54) is 42.5 Å². The molecule has 2 aliphatic rings. The highest BCUT2D eigenvalue weighted by Crippen LogP contribution is 2.39. The number of amides is 2. The zero-order valence-corrected chi connectivity index (χ0v) is 24.1. The Morgan fingerprint density at radius 1 is 1.17 bits per heavy atom. The van der Waals surface area contributed by atoms with E-state index in [0.29, 0.717) is 23.7 Å². The number of esters is 1. The van der Waals surface area contributed by atoms with Crippen molar-refractivity contribution in [3.8, 4) is 11.5 Å². The number of hydrogen-bond donors (Lipinski definition) is 1. The minimum absolute atomic E-state index is 0.0155. The van der Waals surface area contributed by atoms with Gasteiger partial charge in [-0.1, -0.05) is 54.1 Å². The number of carbonyl (C=O) groups is 3. The minimum Gasteiger partial charge on any atom is -0.489 e. The summed E-state index contributed by atoms with van der Waals surface area (Å²) in [5.41, 5.74) is 6.82. The van der Waals surface area contributed by atoms with Crippen LogP contribution in [0.15, 0.2) is 70.8 Å². The van der Waals surface area contributed by atoms with Crippen molar-refractivity contribution < 1.29 is 37.4 Å². The Hall–Kier alpha value is -3.89. The largest absolute Gasteiger partial charge is 0.489 e.